The molecule has 0 radical (unpaired) electrons. The number of aromatic amines is 4. The van der Waals surface area contributed by atoms with Crippen molar-refractivity contribution < 1.29 is 42.4 Å². The Morgan fingerprint density at radius 3 is 1.35 bits per heavy atom. The number of hydrogen-bond donors (Lipinski definition) is 5. The molecule has 0 atom stereocenters. The average molecular weight is 716 g/mol. The first-order valence-corrected chi connectivity index (χ1v) is 16.8. The third kappa shape index (κ3) is 13.4. The molecule has 0 saturated heterocycles. The lowest BCUT2D eigenvalue weighted by atomic mass is 10.2. The summed E-state index contributed by atoms with van der Waals surface area (Å²) in [4.78, 5) is 38.8. The molecule has 0 amide bonds. The first kappa shape index (κ1) is 46.1. The molecule has 14 nitrogen and oxygen atoms in total. The number of ether oxygens (including phenoxy) is 2. The quantitative estimate of drug-likeness (QED) is 0.162. The Balaban J connectivity index is 0.000000615. The van der Waals surface area contributed by atoms with Crippen molar-refractivity contribution in [2.75, 3.05) is 20.8 Å². The second-order valence-electron chi connectivity index (χ2n) is 12.2. The lowest BCUT2D eigenvalue weighted by molar-refractivity contribution is -0.682. The Labute approximate surface area is 304 Å². The van der Waals surface area contributed by atoms with Gasteiger partial charge in [0.25, 0.3) is 5.82 Å². The molecule has 0 aromatic carbocycles. The molecule has 284 valence electrons. The van der Waals surface area contributed by atoms with Crippen LogP contribution < -0.4 is 18.3 Å². The van der Waals surface area contributed by atoms with Crippen molar-refractivity contribution in [3.05, 3.63) is 80.6 Å². The van der Waals surface area contributed by atoms with Crippen LogP contribution in [0.1, 0.15) is 99.8 Å². The highest BCUT2D eigenvalue weighted by Gasteiger charge is 2.24. The fraction of sp³-hybridized carbons (Fsp3) is 0.541. The lowest BCUT2D eigenvalue weighted by Gasteiger charge is -1.95. The number of aliphatic hydroxyl groups excluding tert-OH is 1. The molecule has 0 spiro atoms. The second-order valence-corrected chi connectivity index (χ2v) is 12.2. The number of allylic oxidation sites excluding steroid dienone is 2. The summed E-state index contributed by atoms with van der Waals surface area (Å²) in [6, 6.07) is 0. The molecule has 4 aromatic heterocycles. The molecule has 51 heavy (non-hydrogen) atoms. The van der Waals surface area contributed by atoms with Crippen LogP contribution in [0.25, 0.3) is 0 Å². The molecule has 14 heteroatoms. The largest absolute Gasteiger partial charge is 0.460 e. The van der Waals surface area contributed by atoms with Gasteiger partial charge in [-0.2, -0.15) is 0 Å². The maximum Gasteiger partial charge on any atom is 0.421 e. The van der Waals surface area contributed by atoms with Crippen LogP contribution in [0.3, 0.4) is 0 Å². The van der Waals surface area contributed by atoms with E-state index in [-0.39, 0.29) is 11.9 Å². The number of carbonyl (C=O) groups is 2. The summed E-state index contributed by atoms with van der Waals surface area (Å²) in [5, 5.41) is 7.00. The van der Waals surface area contributed by atoms with Gasteiger partial charge < -0.3 is 14.6 Å². The Hall–Kier alpha value is -4.85. The second kappa shape index (κ2) is 22.1. The summed E-state index contributed by atoms with van der Waals surface area (Å²) in [6.07, 6.45) is 4.96. The summed E-state index contributed by atoms with van der Waals surface area (Å²) in [7, 11) is 10.1. The SMILES string of the molecule is CC1=C(C)N=CC1.CCOC(=O)c1[nH]c(C)c(C)[n+]1C.CO.COC(=O)c1[nH]c(C)c(C)[n+]1C.Cc1[nH]c(C)[n+](C)c1C.Cc1[nH]c[n+](C)c1C. The standard InChI is InChI=1S/C9H14N2O2.C8H12N2O2.C7H12N2.C6H10N2.C6H9N.CH4O/c1-5-13-9(12)8-10-6(2)7(3)11(8)4;1-5-6(2)10(3)7(9-5)8(11)12-4;1-5-6(2)9(4)7(3)8-5;1-5-6(2)8(3)4-7-5;1-5-3-4-7-6(5)2;1-2/h5H2,1-4H3;1-4H3;1-4H3;4H,1-3H3;4H,3H2,1-2H3;2H,1H3/p+4. The van der Waals surface area contributed by atoms with Crippen LogP contribution in [0.15, 0.2) is 22.6 Å². The highest BCUT2D eigenvalue weighted by Crippen LogP contribution is 2.12. The van der Waals surface area contributed by atoms with Gasteiger partial charge in [-0.1, -0.05) is 0 Å². The summed E-state index contributed by atoms with van der Waals surface area (Å²) in [6.45, 7) is 24.5. The monoisotopic (exact) mass is 716 g/mol. The van der Waals surface area contributed by atoms with Gasteiger partial charge in [0.15, 0.2) is 0 Å². The predicted octanol–water partition coefficient (Wildman–Crippen LogP) is 3.46. The van der Waals surface area contributed by atoms with Crippen LogP contribution in [-0.2, 0) is 37.7 Å². The summed E-state index contributed by atoms with van der Waals surface area (Å²) in [5.41, 5.74) is 11.8. The van der Waals surface area contributed by atoms with E-state index >= 15 is 0 Å². The van der Waals surface area contributed by atoms with E-state index in [9.17, 15) is 9.59 Å². The number of aliphatic hydroxyl groups is 1. The molecule has 5 N–H and O–H groups in total. The number of rotatable bonds is 3. The zero-order valence-electron chi connectivity index (χ0n) is 34.4. The Morgan fingerprint density at radius 1 is 0.706 bits per heavy atom. The van der Waals surface area contributed by atoms with Crippen molar-refractivity contribution in [1.29, 1.82) is 0 Å². The molecule has 5 rings (SSSR count). The van der Waals surface area contributed by atoms with E-state index in [1.54, 1.807) is 16.1 Å². The van der Waals surface area contributed by atoms with Crippen molar-refractivity contribution in [3.63, 3.8) is 0 Å². The molecule has 0 unspecified atom stereocenters. The number of hydrogen-bond acceptors (Lipinski definition) is 6. The minimum Gasteiger partial charge on any atom is -0.460 e. The number of methoxy groups -OCH3 is 1. The van der Waals surface area contributed by atoms with Crippen LogP contribution in [0.4, 0.5) is 0 Å². The van der Waals surface area contributed by atoms with Gasteiger partial charge in [-0.25, -0.2) is 47.8 Å². The number of aryl methyl sites for hydroxylation is 6. The number of nitrogens with one attached hydrogen (secondary N) is 4. The number of aliphatic imine (C=N–C) groups is 1. The predicted molar refractivity (Wildman–Crippen MR) is 197 cm³/mol. The van der Waals surface area contributed by atoms with E-state index in [2.05, 4.69) is 87.4 Å². The number of imidazole rings is 4. The van der Waals surface area contributed by atoms with E-state index in [1.807, 2.05) is 68.3 Å². The number of aromatic nitrogens is 8. The molecule has 5 heterocycles. The van der Waals surface area contributed by atoms with Gasteiger partial charge in [0, 0.05) is 87.8 Å². The van der Waals surface area contributed by atoms with E-state index in [0.717, 1.165) is 36.3 Å². The maximum atomic E-state index is 11.4. The number of esters is 2. The number of H-pyrrole nitrogens is 4. The van der Waals surface area contributed by atoms with Crippen LogP contribution in [0.2, 0.25) is 0 Å². The fourth-order valence-corrected chi connectivity index (χ4v) is 4.40. The third-order valence-corrected chi connectivity index (χ3v) is 8.99. The van der Waals surface area contributed by atoms with Gasteiger partial charge in [0.2, 0.25) is 6.33 Å². The van der Waals surface area contributed by atoms with Crippen LogP contribution >= 0.6 is 0 Å². The molecule has 0 fully saturated rings. The van der Waals surface area contributed by atoms with Gasteiger partial charge in [-0.3, -0.25) is 4.99 Å². The highest BCUT2D eigenvalue weighted by molar-refractivity contribution is 5.84. The normalized spacial score (nSPS) is 11.0. The van der Waals surface area contributed by atoms with Crippen molar-refractivity contribution in [2.24, 2.45) is 33.2 Å². The molecule has 0 aliphatic carbocycles. The van der Waals surface area contributed by atoms with Crippen molar-refractivity contribution in [2.45, 2.75) is 89.5 Å². The Bertz CT molecular complexity index is 1740. The average Bonchev–Trinajstić information content (AvgIpc) is 3.85. The van der Waals surface area contributed by atoms with Crippen molar-refractivity contribution >= 4 is 18.2 Å². The Morgan fingerprint density at radius 2 is 1.16 bits per heavy atom. The number of nitrogens with zero attached hydrogens (tertiary/aromatic N) is 5. The third-order valence-electron chi connectivity index (χ3n) is 8.99. The summed E-state index contributed by atoms with van der Waals surface area (Å²) in [5.74, 6) is 1.55. The van der Waals surface area contributed by atoms with E-state index in [1.165, 1.54) is 47.0 Å². The molecule has 1 aliphatic rings. The van der Waals surface area contributed by atoms with Gasteiger partial charge in [0.1, 0.15) is 45.6 Å². The molecular formula is C37H65N9O5+4. The van der Waals surface area contributed by atoms with Gasteiger partial charge in [0.05, 0.1) is 41.9 Å². The first-order valence-electron chi connectivity index (χ1n) is 16.8. The minimum atomic E-state index is -0.339. The van der Waals surface area contributed by atoms with E-state index in [4.69, 9.17) is 9.84 Å². The van der Waals surface area contributed by atoms with Crippen LogP contribution in [0.5, 0.6) is 0 Å². The van der Waals surface area contributed by atoms with Gasteiger partial charge in [-0.15, -0.1) is 0 Å². The molecule has 0 bridgehead atoms. The van der Waals surface area contributed by atoms with Crippen molar-refractivity contribution in [3.8, 4) is 0 Å². The van der Waals surface area contributed by atoms with Crippen LogP contribution in [-0.4, -0.2) is 64.0 Å². The maximum absolute atomic E-state index is 11.4. The minimum absolute atomic E-state index is 0.304. The molecule has 1 aliphatic heterocycles. The highest BCUT2D eigenvalue weighted by atomic mass is 16.5. The van der Waals surface area contributed by atoms with E-state index < -0.39 is 0 Å². The van der Waals surface area contributed by atoms with E-state index in [0.29, 0.717) is 18.3 Å². The molecule has 4 aromatic rings. The topological polar surface area (TPSA) is 164 Å². The fourth-order valence-electron chi connectivity index (χ4n) is 4.40. The van der Waals surface area contributed by atoms with Gasteiger partial charge in [-0.05, 0) is 26.3 Å². The summed E-state index contributed by atoms with van der Waals surface area (Å²) < 4.78 is 17.3. The smallest absolute Gasteiger partial charge is 0.421 e. The Kier molecular flexibility index (Phi) is 20.0. The molecule has 0 saturated carbocycles. The summed E-state index contributed by atoms with van der Waals surface area (Å²) >= 11 is 0. The zero-order valence-corrected chi connectivity index (χ0v) is 34.4. The number of carbonyl (C=O) groups excluding carboxylic acids is 2. The first-order chi connectivity index (χ1) is 23.8. The zero-order chi connectivity index (χ0) is 39.7. The van der Waals surface area contributed by atoms with Gasteiger partial charge >= 0.3 is 23.6 Å². The van der Waals surface area contributed by atoms with Crippen molar-refractivity contribution in [1.82, 2.24) is 19.9 Å². The van der Waals surface area contributed by atoms with Crippen LogP contribution in [0, 0.1) is 62.3 Å². The molecular weight excluding hydrogens is 650 g/mol. The lowest BCUT2D eigenvalue weighted by Crippen LogP contribution is -2.37.